The van der Waals surface area contributed by atoms with Crippen molar-refractivity contribution >= 4 is 11.9 Å². The van der Waals surface area contributed by atoms with Crippen LogP contribution in [0, 0.1) is 0 Å². The number of aliphatic carboxylic acids is 1. The van der Waals surface area contributed by atoms with Crippen molar-refractivity contribution in [3.8, 4) is 0 Å². The minimum Gasteiger partial charge on any atom is -0.480 e. The molecule has 0 aromatic rings. The van der Waals surface area contributed by atoms with Crippen LogP contribution in [0.1, 0.15) is 6.42 Å². The van der Waals surface area contributed by atoms with Crippen LogP contribution in [0.15, 0.2) is 5.16 Å². The zero-order valence-electron chi connectivity index (χ0n) is 6.40. The first-order chi connectivity index (χ1) is 5.57. The number of oxime groups is 1. The molecular formula is C5H12N4O3. The van der Waals surface area contributed by atoms with Gasteiger partial charge in [-0.2, -0.15) is 0 Å². The van der Waals surface area contributed by atoms with E-state index in [2.05, 4.69) is 10.5 Å². The van der Waals surface area contributed by atoms with E-state index >= 15 is 0 Å². The summed E-state index contributed by atoms with van der Waals surface area (Å²) in [5.41, 5.74) is 10.2. The summed E-state index contributed by atoms with van der Waals surface area (Å²) in [6.07, 6.45) is 0.214. The van der Waals surface area contributed by atoms with Crippen molar-refractivity contribution in [2.75, 3.05) is 6.54 Å². The smallest absolute Gasteiger partial charge is 0.320 e. The highest BCUT2D eigenvalue weighted by Gasteiger charge is 2.09. The van der Waals surface area contributed by atoms with Crippen molar-refractivity contribution in [1.29, 1.82) is 0 Å². The highest BCUT2D eigenvalue weighted by atomic mass is 16.4. The summed E-state index contributed by atoms with van der Waals surface area (Å²) in [6.45, 7) is 0.253. The molecule has 0 aliphatic heterocycles. The standard InChI is InChI=1S/C5H12N4O3/c6-3(4(10)11)1-2-8-5(7)9-12/h3,12H,1-2,6H2,(H,10,11)(H3,7,8,9). The second kappa shape index (κ2) is 5.19. The summed E-state index contributed by atoms with van der Waals surface area (Å²) >= 11 is 0. The van der Waals surface area contributed by atoms with E-state index in [1.807, 2.05) is 0 Å². The number of carboxylic acids is 1. The first-order valence-corrected chi connectivity index (χ1v) is 3.27. The van der Waals surface area contributed by atoms with Gasteiger partial charge in [0.2, 0.25) is 5.96 Å². The number of carboxylic acid groups (broad SMARTS) is 1. The zero-order chi connectivity index (χ0) is 9.56. The predicted molar refractivity (Wildman–Crippen MR) is 41.6 cm³/mol. The van der Waals surface area contributed by atoms with Crippen LogP contribution in [-0.4, -0.2) is 34.8 Å². The molecule has 0 radical (unpaired) electrons. The van der Waals surface area contributed by atoms with Gasteiger partial charge in [-0.15, -0.1) is 0 Å². The molecule has 1 unspecified atom stereocenters. The summed E-state index contributed by atoms with van der Waals surface area (Å²) in [7, 11) is 0. The Kier molecular flexibility index (Phi) is 4.54. The third-order valence-electron chi connectivity index (χ3n) is 1.19. The Hall–Kier alpha value is -1.50. The molecule has 0 aromatic heterocycles. The number of carbonyl (C=O) groups is 1. The Morgan fingerprint density at radius 2 is 2.25 bits per heavy atom. The minimum absolute atomic E-state index is 0.160. The van der Waals surface area contributed by atoms with Crippen molar-refractivity contribution in [1.82, 2.24) is 5.32 Å². The van der Waals surface area contributed by atoms with Crippen molar-refractivity contribution in [3.05, 3.63) is 0 Å². The molecule has 0 spiro atoms. The predicted octanol–water partition coefficient (Wildman–Crippen LogP) is -1.92. The van der Waals surface area contributed by atoms with Gasteiger partial charge in [-0.3, -0.25) is 4.79 Å². The number of hydrogen-bond donors (Lipinski definition) is 5. The molecule has 7 nitrogen and oxygen atoms in total. The van der Waals surface area contributed by atoms with Gasteiger partial charge in [0, 0.05) is 6.54 Å². The second-order valence-corrected chi connectivity index (χ2v) is 2.15. The van der Waals surface area contributed by atoms with Gasteiger partial charge in [-0.25, -0.2) is 0 Å². The Balaban J connectivity index is 3.50. The number of nitrogens with zero attached hydrogens (tertiary/aromatic N) is 1. The first kappa shape index (κ1) is 10.5. The summed E-state index contributed by atoms with van der Waals surface area (Å²) in [6, 6.07) is -0.927. The maximum absolute atomic E-state index is 10.2. The van der Waals surface area contributed by atoms with Crippen LogP contribution in [0.3, 0.4) is 0 Å². The fourth-order valence-electron chi connectivity index (χ4n) is 0.515. The SMILES string of the molecule is NC(=NO)NCCC(N)C(=O)O. The molecule has 0 aromatic carbocycles. The average Bonchev–Trinajstić information content (AvgIpc) is 2.03. The molecule has 7 N–H and O–H groups in total. The zero-order valence-corrected chi connectivity index (χ0v) is 6.40. The Bertz CT molecular complexity index is 182. The van der Waals surface area contributed by atoms with E-state index in [9.17, 15) is 4.79 Å². The van der Waals surface area contributed by atoms with Gasteiger partial charge in [0.15, 0.2) is 0 Å². The van der Waals surface area contributed by atoms with Crippen molar-refractivity contribution in [2.45, 2.75) is 12.5 Å². The summed E-state index contributed by atoms with van der Waals surface area (Å²) in [4.78, 5) is 10.2. The first-order valence-electron chi connectivity index (χ1n) is 3.27. The van der Waals surface area contributed by atoms with E-state index in [1.54, 1.807) is 0 Å². The quantitative estimate of drug-likeness (QED) is 0.147. The third-order valence-corrected chi connectivity index (χ3v) is 1.19. The molecule has 7 heteroatoms. The van der Waals surface area contributed by atoms with Gasteiger partial charge in [0.05, 0.1) is 0 Å². The largest absolute Gasteiger partial charge is 0.480 e. The monoisotopic (exact) mass is 176 g/mol. The van der Waals surface area contributed by atoms with Gasteiger partial charge in [0.25, 0.3) is 0 Å². The van der Waals surface area contributed by atoms with Crippen LogP contribution in [0.2, 0.25) is 0 Å². The van der Waals surface area contributed by atoms with Crippen LogP contribution >= 0.6 is 0 Å². The van der Waals surface area contributed by atoms with E-state index in [4.69, 9.17) is 21.8 Å². The Morgan fingerprint density at radius 3 is 2.67 bits per heavy atom. The van der Waals surface area contributed by atoms with Crippen LogP contribution in [0.5, 0.6) is 0 Å². The lowest BCUT2D eigenvalue weighted by atomic mass is 10.2. The summed E-state index contributed by atoms with van der Waals surface area (Å²) in [5, 5.41) is 21.5. The lowest BCUT2D eigenvalue weighted by Gasteiger charge is -2.06. The van der Waals surface area contributed by atoms with Gasteiger partial charge < -0.3 is 27.1 Å². The van der Waals surface area contributed by atoms with E-state index in [-0.39, 0.29) is 18.9 Å². The fraction of sp³-hybridized carbons (Fsp3) is 0.600. The summed E-state index contributed by atoms with van der Waals surface area (Å²) in [5.74, 6) is -1.23. The maximum Gasteiger partial charge on any atom is 0.320 e. The number of hydrogen-bond acceptors (Lipinski definition) is 4. The molecule has 0 heterocycles. The molecule has 0 fully saturated rings. The van der Waals surface area contributed by atoms with Gasteiger partial charge in [-0.05, 0) is 6.42 Å². The number of rotatable bonds is 4. The van der Waals surface area contributed by atoms with Crippen LogP contribution in [-0.2, 0) is 4.79 Å². The molecule has 0 aliphatic carbocycles. The third kappa shape index (κ3) is 4.34. The number of nitrogens with one attached hydrogen (secondary N) is 1. The maximum atomic E-state index is 10.2. The van der Waals surface area contributed by atoms with Gasteiger partial charge in [-0.1, -0.05) is 5.16 Å². The molecule has 0 aliphatic rings. The average molecular weight is 176 g/mol. The minimum atomic E-state index is -1.07. The molecular weight excluding hydrogens is 164 g/mol. The normalized spacial score (nSPS) is 13.9. The van der Waals surface area contributed by atoms with E-state index in [0.29, 0.717) is 0 Å². The van der Waals surface area contributed by atoms with Crippen LogP contribution in [0.25, 0.3) is 0 Å². The Morgan fingerprint density at radius 1 is 1.67 bits per heavy atom. The molecule has 70 valence electrons. The molecule has 12 heavy (non-hydrogen) atoms. The lowest BCUT2D eigenvalue weighted by Crippen LogP contribution is -2.38. The molecule has 0 saturated carbocycles. The van der Waals surface area contributed by atoms with E-state index in [0.717, 1.165) is 0 Å². The molecule has 0 saturated heterocycles. The molecule has 0 rings (SSSR count). The highest BCUT2D eigenvalue weighted by Crippen LogP contribution is 1.84. The topological polar surface area (TPSA) is 134 Å². The van der Waals surface area contributed by atoms with Crippen molar-refractivity contribution in [2.24, 2.45) is 16.6 Å². The van der Waals surface area contributed by atoms with Crippen molar-refractivity contribution in [3.63, 3.8) is 0 Å². The summed E-state index contributed by atoms with van der Waals surface area (Å²) < 4.78 is 0. The molecule has 0 amide bonds. The highest BCUT2D eigenvalue weighted by molar-refractivity contribution is 5.77. The fourth-order valence-corrected chi connectivity index (χ4v) is 0.515. The van der Waals surface area contributed by atoms with Gasteiger partial charge >= 0.3 is 5.97 Å². The van der Waals surface area contributed by atoms with Crippen molar-refractivity contribution < 1.29 is 15.1 Å². The van der Waals surface area contributed by atoms with Crippen LogP contribution in [0.4, 0.5) is 0 Å². The van der Waals surface area contributed by atoms with Crippen LogP contribution < -0.4 is 16.8 Å². The molecule has 1 atom stereocenters. The number of guanidine groups is 1. The lowest BCUT2D eigenvalue weighted by molar-refractivity contribution is -0.138. The Labute approximate surface area is 69.0 Å². The molecule has 0 bridgehead atoms. The van der Waals surface area contributed by atoms with Gasteiger partial charge in [0.1, 0.15) is 6.04 Å². The van der Waals surface area contributed by atoms with E-state index in [1.165, 1.54) is 0 Å². The number of nitrogens with two attached hydrogens (primary N) is 2. The van der Waals surface area contributed by atoms with E-state index < -0.39 is 12.0 Å². The second-order valence-electron chi connectivity index (χ2n) is 2.15.